The minimum atomic E-state index is -0.0640. The van der Waals surface area contributed by atoms with E-state index < -0.39 is 0 Å². The molecule has 0 saturated heterocycles. The fourth-order valence-electron chi connectivity index (χ4n) is 2.07. The second-order valence-corrected chi connectivity index (χ2v) is 4.84. The molecule has 3 nitrogen and oxygen atoms in total. The van der Waals surface area contributed by atoms with Crippen LogP contribution in [0.4, 0.5) is 0 Å². The molecule has 2 rings (SSSR count). The molecule has 1 aromatic carbocycles. The van der Waals surface area contributed by atoms with Crippen LogP contribution in [-0.4, -0.2) is 44.6 Å². The monoisotopic (exact) mass is 302 g/mol. The first-order valence-electron chi connectivity index (χ1n) is 8.11. The average molecular weight is 302 g/mol. The maximum Gasteiger partial charge on any atom is 0.119 e. The van der Waals surface area contributed by atoms with Gasteiger partial charge in [-0.05, 0) is 45.3 Å². The van der Waals surface area contributed by atoms with Gasteiger partial charge in [-0.25, -0.2) is 0 Å². The summed E-state index contributed by atoms with van der Waals surface area (Å²) < 4.78 is 7.34. The number of fused-ring (bicyclic) bond motifs is 1. The van der Waals surface area contributed by atoms with Gasteiger partial charge < -0.3 is 14.2 Å². The number of ether oxygens (including phenoxy) is 1. The van der Waals surface area contributed by atoms with Crippen molar-refractivity contribution in [3.63, 3.8) is 0 Å². The molecule has 0 amide bonds. The molecule has 22 heavy (non-hydrogen) atoms. The maximum absolute atomic E-state index is 6.31. The fraction of sp³-hybridized carbons (Fsp3) is 0.556. The summed E-state index contributed by atoms with van der Waals surface area (Å²) in [5.74, 6) is 0.806. The van der Waals surface area contributed by atoms with Crippen LogP contribution in [0.5, 0.6) is 5.75 Å². The van der Waals surface area contributed by atoms with Crippen molar-refractivity contribution in [2.75, 3.05) is 21.2 Å². The van der Waals surface area contributed by atoms with Gasteiger partial charge >= 0.3 is 0 Å². The van der Waals surface area contributed by atoms with Gasteiger partial charge in [0.2, 0.25) is 0 Å². The van der Waals surface area contributed by atoms with E-state index in [4.69, 9.17) is 12.6 Å². The van der Waals surface area contributed by atoms with Crippen molar-refractivity contribution < 1.29 is 4.74 Å². The normalized spacial score (nSPS) is 12.8. The number of nitrogens with zero attached hydrogens (tertiary/aromatic N) is 2. The molecule has 0 N–H and O–H groups in total. The predicted octanol–water partition coefficient (Wildman–Crippen LogP) is 4.32. The third kappa shape index (κ3) is 4.80. The molecule has 0 spiro atoms. The van der Waals surface area contributed by atoms with Crippen LogP contribution in [0.2, 0.25) is 0 Å². The van der Waals surface area contributed by atoms with Crippen LogP contribution in [0, 0.1) is 0 Å². The molecule has 2 radical (unpaired) electrons. The minimum Gasteiger partial charge on any atom is -0.497 e. The van der Waals surface area contributed by atoms with Gasteiger partial charge in [-0.3, -0.25) is 0 Å². The second kappa shape index (κ2) is 10.3. The first kappa shape index (κ1) is 20.6. The number of likely N-dealkylation sites (N-methyl/N-ethyl adjacent to an activating group) is 1. The van der Waals surface area contributed by atoms with Crippen LogP contribution < -0.4 is 4.74 Å². The molecule has 4 heteroatoms. The van der Waals surface area contributed by atoms with E-state index in [9.17, 15) is 0 Å². The van der Waals surface area contributed by atoms with Crippen molar-refractivity contribution in [2.24, 2.45) is 0 Å². The quantitative estimate of drug-likeness (QED) is 0.783. The van der Waals surface area contributed by atoms with E-state index in [-0.39, 0.29) is 12.0 Å². The number of aromatic nitrogens is 1. The molecular weight excluding hydrogens is 271 g/mol. The van der Waals surface area contributed by atoms with Gasteiger partial charge in [0, 0.05) is 29.1 Å². The van der Waals surface area contributed by atoms with E-state index in [0.29, 0.717) is 0 Å². The molecule has 1 heterocycles. The molecule has 2 aromatic rings. The highest BCUT2D eigenvalue weighted by Gasteiger charge is 2.16. The number of hydrogen-bond acceptors (Lipinski definition) is 2. The molecule has 0 bridgehead atoms. The highest BCUT2D eigenvalue weighted by Crippen LogP contribution is 2.25. The zero-order valence-corrected chi connectivity index (χ0v) is 15.4. The Kier molecular flexibility index (Phi) is 9.67. The SMILES string of the molecule is CC.CC.[B]C(C(C)N(C)C)n1ccc2cc(OC)ccc21. The molecule has 0 saturated carbocycles. The number of rotatable bonds is 4. The smallest absolute Gasteiger partial charge is 0.119 e. The molecule has 122 valence electrons. The summed E-state index contributed by atoms with van der Waals surface area (Å²) in [7, 11) is 12.1. The van der Waals surface area contributed by atoms with E-state index in [0.717, 1.165) is 16.7 Å². The topological polar surface area (TPSA) is 17.4 Å². The third-order valence-electron chi connectivity index (χ3n) is 3.56. The molecule has 0 fully saturated rings. The highest BCUT2D eigenvalue weighted by molar-refractivity contribution is 6.11. The molecular formula is C18H31BN2O. The fourth-order valence-corrected chi connectivity index (χ4v) is 2.07. The largest absolute Gasteiger partial charge is 0.497 e. The number of benzene rings is 1. The van der Waals surface area contributed by atoms with Crippen LogP contribution in [-0.2, 0) is 0 Å². The van der Waals surface area contributed by atoms with Crippen LogP contribution >= 0.6 is 0 Å². The summed E-state index contributed by atoms with van der Waals surface area (Å²) in [5.41, 5.74) is 1.14. The van der Waals surface area contributed by atoms with Gasteiger partial charge in [-0.15, -0.1) is 0 Å². The molecule has 0 aliphatic heterocycles. The summed E-state index contributed by atoms with van der Waals surface area (Å²) in [6.45, 7) is 10.1. The van der Waals surface area contributed by atoms with E-state index in [1.165, 1.54) is 0 Å². The zero-order valence-electron chi connectivity index (χ0n) is 15.4. The van der Waals surface area contributed by atoms with Crippen molar-refractivity contribution in [1.82, 2.24) is 9.47 Å². The average Bonchev–Trinajstić information content (AvgIpc) is 2.99. The minimum absolute atomic E-state index is 0.0640. The van der Waals surface area contributed by atoms with Gasteiger partial charge in [0.25, 0.3) is 0 Å². The van der Waals surface area contributed by atoms with Gasteiger partial charge in [-0.2, -0.15) is 0 Å². The lowest BCUT2D eigenvalue weighted by Crippen LogP contribution is -2.34. The van der Waals surface area contributed by atoms with Crippen molar-refractivity contribution in [3.05, 3.63) is 30.5 Å². The lowest BCUT2D eigenvalue weighted by atomic mass is 9.89. The van der Waals surface area contributed by atoms with Crippen LogP contribution in [0.1, 0.15) is 40.6 Å². The zero-order chi connectivity index (χ0) is 17.3. The first-order chi connectivity index (χ1) is 10.5. The highest BCUT2D eigenvalue weighted by atomic mass is 16.5. The summed E-state index contributed by atoms with van der Waals surface area (Å²) in [6.07, 6.45) is 2.04. The van der Waals surface area contributed by atoms with E-state index in [1.807, 2.05) is 60.1 Å². The number of methoxy groups -OCH3 is 1. The molecule has 2 atom stereocenters. The Hall–Kier alpha value is -1.42. The third-order valence-corrected chi connectivity index (χ3v) is 3.56. The summed E-state index contributed by atoms with van der Waals surface area (Å²) in [4.78, 5) is 2.13. The number of hydrogen-bond donors (Lipinski definition) is 0. The molecule has 1 aromatic heterocycles. The summed E-state index contributed by atoms with van der Waals surface area (Å²) in [5, 5.41) is 1.15. The Bertz CT molecular complexity index is 537. The van der Waals surface area contributed by atoms with Crippen molar-refractivity contribution in [3.8, 4) is 5.75 Å². The van der Waals surface area contributed by atoms with Crippen molar-refractivity contribution >= 4 is 18.7 Å². The van der Waals surface area contributed by atoms with Crippen LogP contribution in [0.15, 0.2) is 30.5 Å². The summed E-state index contributed by atoms with van der Waals surface area (Å²) >= 11 is 0. The maximum atomic E-state index is 6.31. The van der Waals surface area contributed by atoms with Crippen LogP contribution in [0.3, 0.4) is 0 Å². The summed E-state index contributed by atoms with van der Waals surface area (Å²) in [6, 6.07) is 8.38. The Morgan fingerprint density at radius 1 is 1.09 bits per heavy atom. The second-order valence-electron chi connectivity index (χ2n) is 4.84. The lowest BCUT2D eigenvalue weighted by Gasteiger charge is -2.28. The van der Waals surface area contributed by atoms with Crippen molar-refractivity contribution in [1.29, 1.82) is 0 Å². The van der Waals surface area contributed by atoms with Gasteiger partial charge in [0.15, 0.2) is 0 Å². The van der Waals surface area contributed by atoms with E-state index in [1.54, 1.807) is 7.11 Å². The first-order valence-corrected chi connectivity index (χ1v) is 8.11. The Morgan fingerprint density at radius 3 is 2.18 bits per heavy atom. The standard InChI is InChI=1S/C14H19BN2O.2C2H6/c1-10(16(2)3)14(15)17-8-7-11-9-12(18-4)5-6-13(11)17;2*1-2/h5-10,14H,1-4H3;2*1-2H3. The van der Waals surface area contributed by atoms with Crippen LogP contribution in [0.25, 0.3) is 10.9 Å². The Balaban J connectivity index is 0.00000102. The molecule has 0 aliphatic rings. The van der Waals surface area contributed by atoms with Crippen molar-refractivity contribution in [2.45, 2.75) is 46.6 Å². The van der Waals surface area contributed by atoms with Gasteiger partial charge in [0.1, 0.15) is 13.6 Å². The lowest BCUT2D eigenvalue weighted by molar-refractivity contribution is 0.277. The predicted molar refractivity (Wildman–Crippen MR) is 99.1 cm³/mol. The Morgan fingerprint density at radius 2 is 1.68 bits per heavy atom. The van der Waals surface area contributed by atoms with E-state index in [2.05, 4.69) is 28.5 Å². The van der Waals surface area contributed by atoms with Gasteiger partial charge in [0.05, 0.1) is 7.11 Å². The van der Waals surface area contributed by atoms with E-state index >= 15 is 0 Å². The van der Waals surface area contributed by atoms with Gasteiger partial charge in [-0.1, -0.05) is 27.7 Å². The molecule has 0 aliphatic carbocycles. The molecule has 2 unspecified atom stereocenters. The Labute approximate surface area is 137 Å².